The molecule has 0 aliphatic carbocycles. The van der Waals surface area contributed by atoms with Gasteiger partial charge in [-0.05, 0) is 29.8 Å². The lowest BCUT2D eigenvalue weighted by molar-refractivity contribution is 0.518. The number of hydrogen-bond donors (Lipinski definition) is 1. The molecule has 0 aliphatic heterocycles. The van der Waals surface area contributed by atoms with E-state index in [1.807, 2.05) is 42.5 Å². The third-order valence-corrected chi connectivity index (χ3v) is 2.87. The summed E-state index contributed by atoms with van der Waals surface area (Å²) in [7, 11) is 0. The maximum absolute atomic E-state index is 11.8. The van der Waals surface area contributed by atoms with Gasteiger partial charge in [-0.3, -0.25) is 4.57 Å². The smallest absolute Gasteiger partial charge is 0.408 e. The Balaban J connectivity index is 2.10. The molecule has 2 aromatic carbocycles. The molecule has 2 N–H and O–H groups in total. The van der Waals surface area contributed by atoms with Crippen LogP contribution in [-0.4, -0.2) is 4.57 Å². The van der Waals surface area contributed by atoms with Gasteiger partial charge in [0.1, 0.15) is 0 Å². The first-order valence-electron chi connectivity index (χ1n) is 5.67. The van der Waals surface area contributed by atoms with Crippen LogP contribution in [0.3, 0.4) is 0 Å². The Labute approximate surface area is 103 Å². The highest BCUT2D eigenvalue weighted by Crippen LogP contribution is 2.14. The van der Waals surface area contributed by atoms with Crippen LogP contribution in [0.4, 0.5) is 5.69 Å². The molecular formula is C14H12N2O2. The van der Waals surface area contributed by atoms with Crippen LogP contribution in [0.1, 0.15) is 5.56 Å². The van der Waals surface area contributed by atoms with Gasteiger partial charge in [0, 0.05) is 5.69 Å². The number of nitrogens with two attached hydrogens (primary N) is 1. The molecule has 0 saturated carbocycles. The zero-order valence-corrected chi connectivity index (χ0v) is 9.67. The minimum atomic E-state index is -0.348. The number of aromatic nitrogens is 1. The van der Waals surface area contributed by atoms with Crippen LogP contribution in [0.15, 0.2) is 57.7 Å². The predicted octanol–water partition coefficient (Wildman–Crippen LogP) is 2.23. The van der Waals surface area contributed by atoms with Gasteiger partial charge < -0.3 is 10.2 Å². The van der Waals surface area contributed by atoms with Gasteiger partial charge in [-0.2, -0.15) is 0 Å². The predicted molar refractivity (Wildman–Crippen MR) is 70.4 cm³/mol. The van der Waals surface area contributed by atoms with E-state index in [0.29, 0.717) is 17.8 Å². The molecule has 0 amide bonds. The summed E-state index contributed by atoms with van der Waals surface area (Å²) >= 11 is 0. The fraction of sp³-hybridized carbons (Fsp3) is 0.0714. The Bertz CT molecular complexity index is 756. The lowest BCUT2D eigenvalue weighted by Crippen LogP contribution is -2.14. The van der Waals surface area contributed by atoms with E-state index in [2.05, 4.69) is 0 Å². The minimum absolute atomic E-state index is 0.348. The van der Waals surface area contributed by atoms with Crippen LogP contribution in [0.2, 0.25) is 0 Å². The maximum atomic E-state index is 11.8. The first-order valence-corrected chi connectivity index (χ1v) is 5.67. The third-order valence-electron chi connectivity index (χ3n) is 2.87. The van der Waals surface area contributed by atoms with E-state index < -0.39 is 0 Å². The zero-order valence-electron chi connectivity index (χ0n) is 9.67. The van der Waals surface area contributed by atoms with Gasteiger partial charge in [-0.25, -0.2) is 4.79 Å². The van der Waals surface area contributed by atoms with Crippen LogP contribution in [0.25, 0.3) is 11.1 Å². The third kappa shape index (κ3) is 1.78. The number of nitrogen functional groups attached to an aromatic ring is 1. The van der Waals surface area contributed by atoms with E-state index in [-0.39, 0.29) is 5.76 Å². The van der Waals surface area contributed by atoms with Crippen LogP contribution < -0.4 is 11.5 Å². The fourth-order valence-electron chi connectivity index (χ4n) is 2.04. The molecule has 4 nitrogen and oxygen atoms in total. The first kappa shape index (κ1) is 10.7. The van der Waals surface area contributed by atoms with Crippen LogP contribution >= 0.6 is 0 Å². The summed E-state index contributed by atoms with van der Waals surface area (Å²) in [4.78, 5) is 11.8. The van der Waals surface area contributed by atoms with E-state index >= 15 is 0 Å². The van der Waals surface area contributed by atoms with Crippen molar-refractivity contribution in [3.63, 3.8) is 0 Å². The molecular weight excluding hydrogens is 228 g/mol. The average Bonchev–Trinajstić information content (AvgIpc) is 2.66. The highest BCUT2D eigenvalue weighted by atomic mass is 16.4. The van der Waals surface area contributed by atoms with Crippen LogP contribution in [0.5, 0.6) is 0 Å². The fourth-order valence-corrected chi connectivity index (χ4v) is 2.04. The zero-order chi connectivity index (χ0) is 12.5. The largest absolute Gasteiger partial charge is 0.420 e. The maximum Gasteiger partial charge on any atom is 0.420 e. The van der Waals surface area contributed by atoms with Crippen LogP contribution in [-0.2, 0) is 6.54 Å². The second-order valence-electron chi connectivity index (χ2n) is 4.17. The van der Waals surface area contributed by atoms with E-state index in [1.54, 1.807) is 10.6 Å². The van der Waals surface area contributed by atoms with E-state index in [9.17, 15) is 4.79 Å². The lowest BCUT2D eigenvalue weighted by Gasteiger charge is -2.03. The van der Waals surface area contributed by atoms with Gasteiger partial charge in [0.2, 0.25) is 0 Å². The van der Waals surface area contributed by atoms with E-state index in [4.69, 9.17) is 10.2 Å². The monoisotopic (exact) mass is 240 g/mol. The number of rotatable bonds is 2. The van der Waals surface area contributed by atoms with E-state index in [1.165, 1.54) is 0 Å². The van der Waals surface area contributed by atoms with E-state index in [0.717, 1.165) is 11.1 Å². The van der Waals surface area contributed by atoms with Gasteiger partial charge in [0.05, 0.1) is 12.1 Å². The number of hydrogen-bond acceptors (Lipinski definition) is 3. The lowest BCUT2D eigenvalue weighted by atomic mass is 10.2. The Morgan fingerprint density at radius 1 is 1.11 bits per heavy atom. The molecule has 3 aromatic rings. The molecule has 0 saturated heterocycles. The molecule has 0 spiro atoms. The number of benzene rings is 2. The van der Waals surface area contributed by atoms with Crippen molar-refractivity contribution in [2.75, 3.05) is 5.73 Å². The summed E-state index contributed by atoms with van der Waals surface area (Å²) in [5.41, 5.74) is 8.79. The van der Waals surface area contributed by atoms with Crippen molar-refractivity contribution in [1.29, 1.82) is 0 Å². The molecule has 0 atom stereocenters. The SMILES string of the molecule is Nc1cccc(Cn2c(=O)oc3ccccc32)c1. The number of nitrogens with zero attached hydrogens (tertiary/aromatic N) is 1. The van der Waals surface area contributed by atoms with Crippen molar-refractivity contribution in [3.8, 4) is 0 Å². The summed E-state index contributed by atoms with van der Waals surface area (Å²) < 4.78 is 6.78. The summed E-state index contributed by atoms with van der Waals surface area (Å²) in [5.74, 6) is -0.348. The van der Waals surface area contributed by atoms with Gasteiger partial charge in [0.15, 0.2) is 5.58 Å². The molecule has 1 aromatic heterocycles. The molecule has 0 unspecified atom stereocenters. The summed E-state index contributed by atoms with van der Waals surface area (Å²) in [6.45, 7) is 0.459. The van der Waals surface area contributed by atoms with Crippen molar-refractivity contribution in [2.45, 2.75) is 6.54 Å². The number of oxazole rings is 1. The molecule has 1 heterocycles. The van der Waals surface area contributed by atoms with Gasteiger partial charge in [0.25, 0.3) is 0 Å². The number of anilines is 1. The Hall–Kier alpha value is -2.49. The number of para-hydroxylation sites is 2. The second kappa shape index (κ2) is 4.07. The molecule has 18 heavy (non-hydrogen) atoms. The normalized spacial score (nSPS) is 10.9. The summed E-state index contributed by atoms with van der Waals surface area (Å²) in [6.07, 6.45) is 0. The Morgan fingerprint density at radius 3 is 2.78 bits per heavy atom. The van der Waals surface area contributed by atoms with Gasteiger partial charge in [-0.1, -0.05) is 24.3 Å². The minimum Gasteiger partial charge on any atom is -0.408 e. The summed E-state index contributed by atoms with van der Waals surface area (Å²) in [6, 6.07) is 14.9. The highest BCUT2D eigenvalue weighted by molar-refractivity contribution is 5.72. The Morgan fingerprint density at radius 2 is 1.94 bits per heavy atom. The topological polar surface area (TPSA) is 61.2 Å². The average molecular weight is 240 g/mol. The van der Waals surface area contributed by atoms with Gasteiger partial charge in [-0.15, -0.1) is 0 Å². The standard InChI is InChI=1S/C14H12N2O2/c15-11-5-3-4-10(8-11)9-16-12-6-1-2-7-13(12)18-14(16)17/h1-8H,9,15H2. The first-order chi connectivity index (χ1) is 8.74. The quantitative estimate of drug-likeness (QED) is 0.699. The van der Waals surface area contributed by atoms with Crippen molar-refractivity contribution in [1.82, 2.24) is 4.57 Å². The van der Waals surface area contributed by atoms with Gasteiger partial charge >= 0.3 is 5.76 Å². The molecule has 90 valence electrons. The Kier molecular flexibility index (Phi) is 2.41. The van der Waals surface area contributed by atoms with Crippen molar-refractivity contribution in [2.24, 2.45) is 0 Å². The molecule has 4 heteroatoms. The van der Waals surface area contributed by atoms with Crippen molar-refractivity contribution < 1.29 is 4.42 Å². The van der Waals surface area contributed by atoms with Crippen molar-refractivity contribution in [3.05, 3.63) is 64.6 Å². The second-order valence-corrected chi connectivity index (χ2v) is 4.17. The van der Waals surface area contributed by atoms with Crippen molar-refractivity contribution >= 4 is 16.8 Å². The molecule has 0 fully saturated rings. The summed E-state index contributed by atoms with van der Waals surface area (Å²) in [5, 5.41) is 0. The molecule has 0 bridgehead atoms. The molecule has 0 aliphatic rings. The van der Waals surface area contributed by atoms with Crippen LogP contribution in [0, 0.1) is 0 Å². The molecule has 0 radical (unpaired) electrons. The molecule has 3 rings (SSSR count). The number of fused-ring (bicyclic) bond motifs is 1. The highest BCUT2D eigenvalue weighted by Gasteiger charge is 2.08.